The van der Waals surface area contributed by atoms with E-state index in [9.17, 15) is 13.2 Å². The highest BCUT2D eigenvalue weighted by Gasteiger charge is 2.36. The fraction of sp³-hybridized carbons (Fsp3) is 0.667. The van der Waals surface area contributed by atoms with Crippen LogP contribution in [-0.2, 0) is 20.6 Å². The zero-order valence-corrected chi connectivity index (χ0v) is 12.3. The number of sulfonamides is 1. The van der Waals surface area contributed by atoms with Gasteiger partial charge in [-0.25, -0.2) is 8.42 Å². The van der Waals surface area contributed by atoms with Gasteiger partial charge in [0.15, 0.2) is 0 Å². The normalized spacial score (nSPS) is 24.7. The fourth-order valence-corrected chi connectivity index (χ4v) is 4.24. The highest BCUT2D eigenvalue weighted by Crippen LogP contribution is 2.26. The molecule has 0 saturated carbocycles. The molecule has 0 aromatic carbocycles. The number of piperidine rings is 1. The van der Waals surface area contributed by atoms with Gasteiger partial charge in [0.05, 0.1) is 5.92 Å². The van der Waals surface area contributed by atoms with E-state index in [0.717, 1.165) is 0 Å². The number of hydrogen-bond donors (Lipinski definition) is 1. The number of rotatable bonds is 4. The highest BCUT2D eigenvalue weighted by molar-refractivity contribution is 7.88. The van der Waals surface area contributed by atoms with E-state index < -0.39 is 21.9 Å². The van der Waals surface area contributed by atoms with Gasteiger partial charge in [-0.2, -0.15) is 4.31 Å². The molecule has 2 rings (SSSR count). The molecule has 1 aromatic rings. The quantitative estimate of drug-likeness (QED) is 0.890. The first-order valence-electron chi connectivity index (χ1n) is 6.44. The molecule has 0 amide bonds. The van der Waals surface area contributed by atoms with Gasteiger partial charge in [-0.3, -0.25) is 4.79 Å². The van der Waals surface area contributed by atoms with E-state index in [0.29, 0.717) is 24.3 Å². The third kappa shape index (κ3) is 3.18. The maximum absolute atomic E-state index is 12.3. The smallest absolute Gasteiger partial charge is 0.306 e. The number of carboxylic acid groups (broad SMARTS) is 1. The molecule has 1 aliphatic rings. The Morgan fingerprint density at radius 3 is 2.80 bits per heavy atom. The Morgan fingerprint density at radius 1 is 1.60 bits per heavy atom. The third-order valence-electron chi connectivity index (χ3n) is 3.53. The van der Waals surface area contributed by atoms with E-state index in [-0.39, 0.29) is 18.3 Å². The summed E-state index contributed by atoms with van der Waals surface area (Å²) in [5.41, 5.74) is 0.370. The van der Waals surface area contributed by atoms with Gasteiger partial charge < -0.3 is 9.63 Å². The topological polar surface area (TPSA) is 101 Å². The zero-order chi connectivity index (χ0) is 14.9. The number of hydrogen-bond acceptors (Lipinski definition) is 5. The van der Waals surface area contributed by atoms with Crippen LogP contribution in [0.3, 0.4) is 0 Å². The largest absolute Gasteiger partial charge is 0.481 e. The molecule has 1 aromatic heterocycles. The standard InChI is InChI=1S/C12H18N2O5S/c1-8-5-10(12(15)16)3-4-14(8)20(17,18)7-11-6-9(2)19-13-11/h6,8,10H,3-5,7H2,1-2H3,(H,15,16). The predicted octanol–water partition coefficient (Wildman–Crippen LogP) is 0.998. The molecule has 7 nitrogen and oxygen atoms in total. The average Bonchev–Trinajstić information content (AvgIpc) is 2.73. The molecule has 1 saturated heterocycles. The van der Waals surface area contributed by atoms with E-state index in [2.05, 4.69) is 5.16 Å². The van der Waals surface area contributed by atoms with E-state index in [1.165, 1.54) is 4.31 Å². The van der Waals surface area contributed by atoms with Crippen LogP contribution in [-0.4, -0.2) is 41.5 Å². The number of carbonyl (C=O) groups is 1. The van der Waals surface area contributed by atoms with Crippen LogP contribution < -0.4 is 0 Å². The molecule has 112 valence electrons. The Labute approximate surface area is 117 Å². The SMILES string of the molecule is Cc1cc(CS(=O)(=O)N2CCC(C(=O)O)CC2C)no1. The Balaban J connectivity index is 2.08. The minimum absolute atomic E-state index is 0.216. The molecule has 1 fully saturated rings. The second kappa shape index (κ2) is 5.53. The summed E-state index contributed by atoms with van der Waals surface area (Å²) in [7, 11) is -3.50. The highest BCUT2D eigenvalue weighted by atomic mass is 32.2. The number of aromatic nitrogens is 1. The predicted molar refractivity (Wildman–Crippen MR) is 70.4 cm³/mol. The summed E-state index contributed by atoms with van der Waals surface area (Å²) in [6.07, 6.45) is 0.684. The Kier molecular flexibility index (Phi) is 4.14. The van der Waals surface area contributed by atoms with Crippen molar-refractivity contribution in [3.05, 3.63) is 17.5 Å². The van der Waals surface area contributed by atoms with Crippen molar-refractivity contribution in [2.75, 3.05) is 6.54 Å². The lowest BCUT2D eigenvalue weighted by molar-refractivity contribution is -0.143. The molecule has 0 spiro atoms. The van der Waals surface area contributed by atoms with Crippen molar-refractivity contribution in [3.63, 3.8) is 0 Å². The summed E-state index contributed by atoms with van der Waals surface area (Å²) < 4.78 is 30.9. The van der Waals surface area contributed by atoms with E-state index in [1.54, 1.807) is 19.9 Å². The fourth-order valence-electron chi connectivity index (χ4n) is 2.54. The van der Waals surface area contributed by atoms with Crippen LogP contribution in [0.5, 0.6) is 0 Å². The number of aliphatic carboxylic acids is 1. The van der Waals surface area contributed by atoms with Crippen molar-refractivity contribution in [2.45, 2.75) is 38.5 Å². The molecule has 1 N–H and O–H groups in total. The molecule has 2 unspecified atom stereocenters. The molecule has 8 heteroatoms. The molecule has 0 radical (unpaired) electrons. The Morgan fingerprint density at radius 2 is 2.30 bits per heavy atom. The van der Waals surface area contributed by atoms with Crippen molar-refractivity contribution in [3.8, 4) is 0 Å². The van der Waals surface area contributed by atoms with Gasteiger partial charge in [0.2, 0.25) is 10.0 Å². The molecular formula is C12H18N2O5S. The molecule has 1 aliphatic heterocycles. The minimum atomic E-state index is -3.50. The lowest BCUT2D eigenvalue weighted by Crippen LogP contribution is -2.46. The first kappa shape index (κ1) is 15.0. The average molecular weight is 302 g/mol. The van der Waals surface area contributed by atoms with E-state index in [4.69, 9.17) is 9.63 Å². The van der Waals surface area contributed by atoms with Gasteiger partial charge in [-0.1, -0.05) is 5.16 Å². The maximum atomic E-state index is 12.3. The van der Waals surface area contributed by atoms with Gasteiger partial charge in [-0.05, 0) is 26.7 Å². The Hall–Kier alpha value is -1.41. The van der Waals surface area contributed by atoms with Crippen molar-refractivity contribution in [1.29, 1.82) is 0 Å². The number of aryl methyl sites for hydroxylation is 1. The molecule has 0 aliphatic carbocycles. The maximum Gasteiger partial charge on any atom is 0.306 e. The molecular weight excluding hydrogens is 284 g/mol. The Bertz CT molecular complexity index is 595. The molecule has 2 heterocycles. The van der Waals surface area contributed by atoms with Gasteiger partial charge >= 0.3 is 5.97 Å². The summed E-state index contributed by atoms with van der Waals surface area (Å²) in [6, 6.07) is 1.27. The monoisotopic (exact) mass is 302 g/mol. The minimum Gasteiger partial charge on any atom is -0.481 e. The second-order valence-electron chi connectivity index (χ2n) is 5.20. The lowest BCUT2D eigenvalue weighted by Gasteiger charge is -2.34. The summed E-state index contributed by atoms with van der Waals surface area (Å²) in [5, 5.41) is 12.7. The first-order chi connectivity index (χ1) is 9.29. The summed E-state index contributed by atoms with van der Waals surface area (Å²) in [5.74, 6) is -0.980. The van der Waals surface area contributed by atoms with Crippen molar-refractivity contribution in [1.82, 2.24) is 9.46 Å². The van der Waals surface area contributed by atoms with Gasteiger partial charge in [0.25, 0.3) is 0 Å². The van der Waals surface area contributed by atoms with Crippen LogP contribution >= 0.6 is 0 Å². The first-order valence-corrected chi connectivity index (χ1v) is 8.05. The number of nitrogens with zero attached hydrogens (tertiary/aromatic N) is 2. The lowest BCUT2D eigenvalue weighted by atomic mass is 9.93. The van der Waals surface area contributed by atoms with Gasteiger partial charge in [0, 0.05) is 18.7 Å². The number of carboxylic acids is 1. The molecule has 2 atom stereocenters. The zero-order valence-electron chi connectivity index (χ0n) is 11.4. The van der Waals surface area contributed by atoms with Crippen LogP contribution in [0.15, 0.2) is 10.6 Å². The van der Waals surface area contributed by atoms with E-state index in [1.807, 2.05) is 0 Å². The summed E-state index contributed by atoms with van der Waals surface area (Å²) in [6.45, 7) is 3.67. The van der Waals surface area contributed by atoms with Crippen LogP contribution in [0.25, 0.3) is 0 Å². The van der Waals surface area contributed by atoms with Crippen molar-refractivity contribution < 1.29 is 22.8 Å². The second-order valence-corrected chi connectivity index (χ2v) is 7.13. The summed E-state index contributed by atoms with van der Waals surface area (Å²) in [4.78, 5) is 11.0. The van der Waals surface area contributed by atoms with Crippen LogP contribution in [0, 0.1) is 12.8 Å². The third-order valence-corrected chi connectivity index (χ3v) is 5.45. The van der Waals surface area contributed by atoms with Crippen LogP contribution in [0.2, 0.25) is 0 Å². The molecule has 0 bridgehead atoms. The van der Waals surface area contributed by atoms with Crippen molar-refractivity contribution >= 4 is 16.0 Å². The van der Waals surface area contributed by atoms with E-state index >= 15 is 0 Å². The van der Waals surface area contributed by atoms with Gasteiger partial charge in [0.1, 0.15) is 17.2 Å². The molecule has 20 heavy (non-hydrogen) atoms. The van der Waals surface area contributed by atoms with Gasteiger partial charge in [-0.15, -0.1) is 0 Å². The van der Waals surface area contributed by atoms with Crippen LogP contribution in [0.1, 0.15) is 31.2 Å². The van der Waals surface area contributed by atoms with Crippen molar-refractivity contribution in [2.24, 2.45) is 5.92 Å². The summed E-state index contributed by atoms with van der Waals surface area (Å²) >= 11 is 0. The van der Waals surface area contributed by atoms with Crippen LogP contribution in [0.4, 0.5) is 0 Å².